The van der Waals surface area contributed by atoms with E-state index in [1.54, 1.807) is 0 Å². The second kappa shape index (κ2) is 4.83. The first-order chi connectivity index (χ1) is 8.29. The fraction of sp³-hybridized carbons (Fsp3) is 1.00. The highest BCUT2D eigenvalue weighted by molar-refractivity contribution is 6.65. The number of hydrogen-bond acceptors (Lipinski definition) is 2. The molecule has 7 atom stereocenters. The minimum absolute atomic E-state index is 0.702. The van der Waals surface area contributed by atoms with Gasteiger partial charge in [0, 0.05) is 24.2 Å². The molecular weight excluding hydrogens is 219 g/mol. The van der Waals surface area contributed by atoms with Crippen LogP contribution >= 0.6 is 0 Å². The molecule has 0 radical (unpaired) electrons. The van der Waals surface area contributed by atoms with Crippen molar-refractivity contribution in [3.8, 4) is 0 Å². The van der Waals surface area contributed by atoms with E-state index in [1.165, 1.54) is 0 Å². The SMILES string of the molecule is C[C@@H]1B2C([C@@H](C)N(C)[C@@H](C)[C@H]2C)[C@H](C)N(C)[C@@H]1C. The van der Waals surface area contributed by atoms with Crippen LogP contribution in [0.4, 0.5) is 0 Å². The van der Waals surface area contributed by atoms with Gasteiger partial charge in [-0.3, -0.25) is 0 Å². The summed E-state index contributed by atoms with van der Waals surface area (Å²) in [6.07, 6.45) is 0. The first-order valence-corrected chi connectivity index (χ1v) is 7.72. The molecule has 0 bridgehead atoms. The summed E-state index contributed by atoms with van der Waals surface area (Å²) in [6.45, 7) is 15.5. The highest BCUT2D eigenvalue weighted by Gasteiger charge is 2.53. The molecule has 0 amide bonds. The summed E-state index contributed by atoms with van der Waals surface area (Å²) < 4.78 is 0. The van der Waals surface area contributed by atoms with Gasteiger partial charge in [0.1, 0.15) is 0 Å². The molecule has 2 aliphatic rings. The Hall–Kier alpha value is -0.0151. The lowest BCUT2D eigenvalue weighted by Crippen LogP contribution is -2.65. The van der Waals surface area contributed by atoms with Gasteiger partial charge >= 0.3 is 0 Å². The molecule has 2 nitrogen and oxygen atoms in total. The molecule has 2 aliphatic heterocycles. The van der Waals surface area contributed by atoms with Crippen molar-refractivity contribution in [3.63, 3.8) is 0 Å². The van der Waals surface area contributed by atoms with Gasteiger partial charge < -0.3 is 9.80 Å². The normalized spacial score (nSPS) is 51.3. The van der Waals surface area contributed by atoms with Gasteiger partial charge in [-0.15, -0.1) is 0 Å². The van der Waals surface area contributed by atoms with Gasteiger partial charge in [0.05, 0.1) is 0 Å². The Balaban J connectivity index is 2.36. The largest absolute Gasteiger partial charge is 0.302 e. The van der Waals surface area contributed by atoms with Crippen LogP contribution in [0.5, 0.6) is 0 Å². The van der Waals surface area contributed by atoms with Crippen LogP contribution in [0, 0.1) is 0 Å². The quantitative estimate of drug-likeness (QED) is 0.610. The van der Waals surface area contributed by atoms with Crippen LogP contribution in [0.3, 0.4) is 0 Å². The monoisotopic (exact) mass is 250 g/mol. The molecule has 0 aliphatic carbocycles. The lowest BCUT2D eigenvalue weighted by molar-refractivity contribution is 0.0856. The summed E-state index contributed by atoms with van der Waals surface area (Å²) in [5.41, 5.74) is 0. The zero-order valence-corrected chi connectivity index (χ0v) is 13.5. The lowest BCUT2D eigenvalue weighted by atomic mass is 9.22. The second-order valence-corrected chi connectivity index (χ2v) is 7.17. The van der Waals surface area contributed by atoms with E-state index in [1.807, 2.05) is 0 Å². The number of hydrogen-bond donors (Lipinski definition) is 0. The molecule has 104 valence electrons. The molecule has 2 heterocycles. The summed E-state index contributed by atoms with van der Waals surface area (Å²) in [4.78, 5) is 5.22. The summed E-state index contributed by atoms with van der Waals surface area (Å²) in [6, 6.07) is 2.83. The van der Waals surface area contributed by atoms with Crippen LogP contribution in [0.2, 0.25) is 17.5 Å². The predicted molar refractivity (Wildman–Crippen MR) is 81.7 cm³/mol. The van der Waals surface area contributed by atoms with E-state index in [4.69, 9.17) is 0 Å². The summed E-state index contributed by atoms with van der Waals surface area (Å²) in [5.74, 6) is 2.44. The van der Waals surface area contributed by atoms with E-state index < -0.39 is 0 Å². The third-order valence-corrected chi connectivity index (χ3v) is 6.86. The molecule has 0 aromatic rings. The first-order valence-electron chi connectivity index (χ1n) is 7.72. The Bertz CT molecular complexity index is 251. The molecule has 0 aromatic carbocycles. The van der Waals surface area contributed by atoms with Crippen molar-refractivity contribution in [1.29, 1.82) is 0 Å². The van der Waals surface area contributed by atoms with E-state index in [-0.39, 0.29) is 0 Å². The zero-order valence-electron chi connectivity index (χ0n) is 13.5. The van der Waals surface area contributed by atoms with E-state index in [0.29, 0.717) is 24.2 Å². The van der Waals surface area contributed by atoms with Crippen molar-refractivity contribution >= 4 is 6.71 Å². The first kappa shape index (κ1) is 14.4. The average molecular weight is 250 g/mol. The predicted octanol–water partition coefficient (Wildman–Crippen LogP) is 3.08. The Morgan fingerprint density at radius 3 is 1.28 bits per heavy atom. The van der Waals surface area contributed by atoms with Gasteiger partial charge in [0.25, 0.3) is 0 Å². The number of rotatable bonds is 0. The minimum Gasteiger partial charge on any atom is -0.302 e. The highest BCUT2D eigenvalue weighted by atomic mass is 15.2. The molecular formula is C15H31BN2. The highest BCUT2D eigenvalue weighted by Crippen LogP contribution is 2.50. The number of nitrogens with zero attached hydrogens (tertiary/aromatic N) is 2. The Kier molecular flexibility index (Phi) is 3.86. The topological polar surface area (TPSA) is 6.48 Å². The van der Waals surface area contributed by atoms with Crippen molar-refractivity contribution in [2.45, 2.75) is 83.2 Å². The van der Waals surface area contributed by atoms with Crippen LogP contribution in [0.25, 0.3) is 0 Å². The van der Waals surface area contributed by atoms with Crippen molar-refractivity contribution in [3.05, 3.63) is 0 Å². The Morgan fingerprint density at radius 1 is 0.611 bits per heavy atom. The van der Waals surface area contributed by atoms with Gasteiger partial charge in [-0.1, -0.05) is 13.8 Å². The Morgan fingerprint density at radius 2 is 0.944 bits per heavy atom. The van der Waals surface area contributed by atoms with E-state index in [2.05, 4.69) is 65.4 Å². The van der Waals surface area contributed by atoms with Gasteiger partial charge in [0.15, 0.2) is 6.71 Å². The maximum Gasteiger partial charge on any atom is 0.156 e. The maximum absolute atomic E-state index is 2.61. The molecule has 3 heteroatoms. The van der Waals surface area contributed by atoms with E-state index >= 15 is 0 Å². The van der Waals surface area contributed by atoms with Crippen LogP contribution in [-0.2, 0) is 0 Å². The minimum atomic E-state index is 0.702. The average Bonchev–Trinajstić information content (AvgIpc) is 2.35. The third-order valence-electron chi connectivity index (χ3n) is 6.86. The molecule has 2 fully saturated rings. The van der Waals surface area contributed by atoms with Crippen molar-refractivity contribution in [2.24, 2.45) is 0 Å². The fourth-order valence-electron chi connectivity index (χ4n) is 4.90. The maximum atomic E-state index is 2.61. The van der Waals surface area contributed by atoms with Crippen LogP contribution in [-0.4, -0.2) is 54.8 Å². The molecule has 0 aromatic heterocycles. The van der Waals surface area contributed by atoms with Crippen molar-refractivity contribution in [2.75, 3.05) is 14.1 Å². The van der Waals surface area contributed by atoms with Crippen molar-refractivity contribution < 1.29 is 0 Å². The molecule has 0 spiro atoms. The van der Waals surface area contributed by atoms with Crippen molar-refractivity contribution in [1.82, 2.24) is 9.80 Å². The third kappa shape index (κ3) is 1.86. The molecule has 1 unspecified atom stereocenters. The van der Waals surface area contributed by atoms with E-state index in [0.717, 1.165) is 24.2 Å². The molecule has 18 heavy (non-hydrogen) atoms. The fourth-order valence-corrected chi connectivity index (χ4v) is 4.90. The molecule has 2 saturated heterocycles. The summed E-state index contributed by atoms with van der Waals surface area (Å²) in [5, 5.41) is 0. The van der Waals surface area contributed by atoms with Crippen LogP contribution in [0.15, 0.2) is 0 Å². The Labute approximate surface area is 114 Å². The molecule has 0 saturated carbocycles. The standard InChI is InChI=1S/C15H31BN2/c1-9-11(3)17(7)13(5)15-14(6)18(8)12(4)10(2)16(9)15/h9-15H,1-8H3/t9-,10+,11+,12-,13-,14+,15?. The van der Waals surface area contributed by atoms with Gasteiger partial charge in [-0.25, -0.2) is 0 Å². The van der Waals surface area contributed by atoms with Gasteiger partial charge in [0.2, 0.25) is 0 Å². The van der Waals surface area contributed by atoms with Crippen LogP contribution in [0.1, 0.15) is 41.5 Å². The molecule has 2 rings (SSSR count). The zero-order chi connectivity index (χ0) is 13.8. The molecule has 0 N–H and O–H groups in total. The van der Waals surface area contributed by atoms with Gasteiger partial charge in [-0.05, 0) is 59.2 Å². The van der Waals surface area contributed by atoms with Crippen LogP contribution < -0.4 is 0 Å². The summed E-state index contributed by atoms with van der Waals surface area (Å²) in [7, 11) is 4.63. The summed E-state index contributed by atoms with van der Waals surface area (Å²) >= 11 is 0. The smallest absolute Gasteiger partial charge is 0.156 e. The van der Waals surface area contributed by atoms with Gasteiger partial charge in [-0.2, -0.15) is 0 Å². The lowest BCUT2D eigenvalue weighted by Gasteiger charge is -2.59. The second-order valence-electron chi connectivity index (χ2n) is 7.17. The number of fused-ring (bicyclic) bond motifs is 1. The van der Waals surface area contributed by atoms with E-state index in [9.17, 15) is 0 Å².